The molecule has 0 spiro atoms. The molecule has 0 atom stereocenters. The van der Waals surface area contributed by atoms with Crippen molar-refractivity contribution >= 4 is 11.8 Å². The number of ether oxygens (including phenoxy) is 2. The number of rotatable bonds is 6. The monoisotopic (exact) mass is 204 g/mol. The highest BCUT2D eigenvalue weighted by molar-refractivity contribution is 6.34. The Morgan fingerprint density at radius 1 is 1.29 bits per heavy atom. The predicted molar refractivity (Wildman–Crippen MR) is 49.2 cm³/mol. The third kappa shape index (κ3) is 5.50. The van der Waals surface area contributed by atoms with Crippen molar-refractivity contribution in [2.45, 2.75) is 20.1 Å². The van der Waals surface area contributed by atoms with E-state index in [2.05, 4.69) is 5.32 Å². The van der Waals surface area contributed by atoms with Crippen LogP contribution in [0.3, 0.4) is 0 Å². The zero-order valence-electron chi connectivity index (χ0n) is 8.41. The van der Waals surface area contributed by atoms with Crippen molar-refractivity contribution in [2.75, 3.05) is 19.8 Å². The molecule has 0 aromatic carbocycles. The van der Waals surface area contributed by atoms with Crippen LogP contribution in [0.15, 0.2) is 0 Å². The number of amides is 2. The van der Waals surface area contributed by atoms with Gasteiger partial charge in [-0.15, -0.1) is 0 Å². The van der Waals surface area contributed by atoms with Gasteiger partial charge in [-0.25, -0.2) is 0 Å². The van der Waals surface area contributed by atoms with Gasteiger partial charge in [-0.05, 0) is 13.8 Å². The summed E-state index contributed by atoms with van der Waals surface area (Å²) in [6, 6.07) is 0. The van der Waals surface area contributed by atoms with E-state index in [0.717, 1.165) is 0 Å². The lowest BCUT2D eigenvalue weighted by Crippen LogP contribution is -2.41. The molecular weight excluding hydrogens is 188 g/mol. The lowest BCUT2D eigenvalue weighted by atomic mass is 10.5. The van der Waals surface area contributed by atoms with Crippen LogP contribution in [0.4, 0.5) is 0 Å². The van der Waals surface area contributed by atoms with Crippen LogP contribution in [-0.4, -0.2) is 37.9 Å². The van der Waals surface area contributed by atoms with E-state index in [9.17, 15) is 9.59 Å². The highest BCUT2D eigenvalue weighted by Crippen LogP contribution is 1.92. The van der Waals surface area contributed by atoms with Crippen molar-refractivity contribution in [1.29, 1.82) is 0 Å². The summed E-state index contributed by atoms with van der Waals surface area (Å²) in [6.45, 7) is 4.67. The first-order valence-electron chi connectivity index (χ1n) is 4.42. The largest absolute Gasteiger partial charge is 0.361 e. The van der Waals surface area contributed by atoms with E-state index in [1.165, 1.54) is 0 Å². The maximum atomic E-state index is 10.8. The maximum Gasteiger partial charge on any atom is 0.309 e. The second kappa shape index (κ2) is 7.28. The van der Waals surface area contributed by atoms with Gasteiger partial charge in [0.25, 0.3) is 0 Å². The Balaban J connectivity index is 3.80. The summed E-state index contributed by atoms with van der Waals surface area (Å²) >= 11 is 0. The summed E-state index contributed by atoms with van der Waals surface area (Å²) in [5.74, 6) is -1.86. The minimum Gasteiger partial charge on any atom is -0.361 e. The number of primary amides is 1. The first-order valence-corrected chi connectivity index (χ1v) is 4.42. The number of hydrogen-bond acceptors (Lipinski definition) is 4. The third-order valence-electron chi connectivity index (χ3n) is 1.36. The van der Waals surface area contributed by atoms with Gasteiger partial charge in [-0.1, -0.05) is 0 Å². The van der Waals surface area contributed by atoms with Gasteiger partial charge in [0.1, 0.15) is 0 Å². The number of nitrogens with two attached hydrogens (primary N) is 1. The molecule has 6 nitrogen and oxygen atoms in total. The molecule has 0 rings (SSSR count). The zero-order valence-corrected chi connectivity index (χ0v) is 8.41. The van der Waals surface area contributed by atoms with Crippen LogP contribution >= 0.6 is 0 Å². The Morgan fingerprint density at radius 3 is 2.14 bits per heavy atom. The van der Waals surface area contributed by atoms with Crippen LogP contribution < -0.4 is 11.1 Å². The van der Waals surface area contributed by atoms with Gasteiger partial charge < -0.3 is 20.5 Å². The van der Waals surface area contributed by atoms with Crippen molar-refractivity contribution in [3.63, 3.8) is 0 Å². The normalized spacial score (nSPS) is 10.2. The summed E-state index contributed by atoms with van der Waals surface area (Å²) in [5, 5.41) is 2.29. The molecule has 82 valence electrons. The van der Waals surface area contributed by atoms with Crippen LogP contribution in [0.25, 0.3) is 0 Å². The fourth-order valence-corrected chi connectivity index (χ4v) is 0.801. The van der Waals surface area contributed by atoms with Crippen LogP contribution in [0.2, 0.25) is 0 Å². The van der Waals surface area contributed by atoms with E-state index < -0.39 is 18.1 Å². The molecule has 3 N–H and O–H groups in total. The van der Waals surface area contributed by atoms with Crippen molar-refractivity contribution in [2.24, 2.45) is 5.73 Å². The van der Waals surface area contributed by atoms with Gasteiger partial charge in [-0.2, -0.15) is 0 Å². The fraction of sp³-hybridized carbons (Fsp3) is 0.750. The Kier molecular flexibility index (Phi) is 6.69. The van der Waals surface area contributed by atoms with Gasteiger partial charge in [-0.3, -0.25) is 9.59 Å². The third-order valence-corrected chi connectivity index (χ3v) is 1.36. The summed E-state index contributed by atoms with van der Waals surface area (Å²) in [7, 11) is 0. The number of nitrogens with one attached hydrogen (secondary N) is 1. The highest BCUT2D eigenvalue weighted by Gasteiger charge is 2.12. The molecule has 0 fully saturated rings. The molecule has 14 heavy (non-hydrogen) atoms. The van der Waals surface area contributed by atoms with Gasteiger partial charge in [0.15, 0.2) is 6.29 Å². The molecule has 0 aliphatic rings. The van der Waals surface area contributed by atoms with E-state index >= 15 is 0 Å². The summed E-state index contributed by atoms with van der Waals surface area (Å²) in [5.41, 5.74) is 4.74. The van der Waals surface area contributed by atoms with E-state index in [4.69, 9.17) is 15.2 Å². The number of hydrogen-bond donors (Lipinski definition) is 2. The Hall–Kier alpha value is -1.14. The van der Waals surface area contributed by atoms with Crippen LogP contribution in [-0.2, 0) is 19.1 Å². The van der Waals surface area contributed by atoms with Gasteiger partial charge in [0, 0.05) is 13.2 Å². The van der Waals surface area contributed by atoms with Gasteiger partial charge in [0.2, 0.25) is 0 Å². The van der Waals surface area contributed by atoms with Crippen LogP contribution in [0.5, 0.6) is 0 Å². The molecule has 0 unspecified atom stereocenters. The predicted octanol–water partition coefficient (Wildman–Crippen LogP) is -1.01. The molecule has 2 amide bonds. The first kappa shape index (κ1) is 12.9. The minimum absolute atomic E-state index is 0.115. The quantitative estimate of drug-likeness (QED) is 0.428. The van der Waals surface area contributed by atoms with Crippen molar-refractivity contribution in [1.82, 2.24) is 5.32 Å². The summed E-state index contributed by atoms with van der Waals surface area (Å²) in [4.78, 5) is 21.1. The van der Waals surface area contributed by atoms with Crippen molar-refractivity contribution < 1.29 is 19.1 Å². The Labute approximate surface area is 82.7 Å². The van der Waals surface area contributed by atoms with Crippen LogP contribution in [0.1, 0.15) is 13.8 Å². The lowest BCUT2D eigenvalue weighted by Gasteiger charge is -2.16. The van der Waals surface area contributed by atoms with E-state index in [1.54, 1.807) is 0 Å². The van der Waals surface area contributed by atoms with Crippen molar-refractivity contribution in [3.8, 4) is 0 Å². The molecular formula is C8H16N2O4. The second-order valence-corrected chi connectivity index (χ2v) is 2.41. The first-order chi connectivity index (χ1) is 6.61. The molecule has 0 saturated carbocycles. The zero-order chi connectivity index (χ0) is 11.0. The molecule has 0 radical (unpaired) electrons. The SMILES string of the molecule is CCOC(CNC(=O)C(N)=O)OCC. The number of carbonyl (C=O) groups is 2. The molecule has 0 aliphatic carbocycles. The fourth-order valence-electron chi connectivity index (χ4n) is 0.801. The molecule has 0 aliphatic heterocycles. The van der Waals surface area contributed by atoms with Crippen molar-refractivity contribution in [3.05, 3.63) is 0 Å². The highest BCUT2D eigenvalue weighted by atomic mass is 16.7. The molecule has 0 bridgehead atoms. The molecule has 0 aromatic heterocycles. The lowest BCUT2D eigenvalue weighted by molar-refractivity contribution is -0.145. The number of carbonyl (C=O) groups excluding carboxylic acids is 2. The minimum atomic E-state index is -1.02. The average Bonchev–Trinajstić information content (AvgIpc) is 2.14. The summed E-state index contributed by atoms with van der Waals surface area (Å²) < 4.78 is 10.2. The second-order valence-electron chi connectivity index (χ2n) is 2.41. The summed E-state index contributed by atoms with van der Waals surface area (Å²) in [6.07, 6.45) is -0.534. The maximum absolute atomic E-state index is 10.8. The Morgan fingerprint density at radius 2 is 1.79 bits per heavy atom. The molecule has 0 heterocycles. The molecule has 6 heteroatoms. The van der Waals surface area contributed by atoms with Gasteiger partial charge >= 0.3 is 11.8 Å². The average molecular weight is 204 g/mol. The molecule has 0 saturated heterocycles. The van der Waals surface area contributed by atoms with E-state index in [-0.39, 0.29) is 6.54 Å². The van der Waals surface area contributed by atoms with E-state index in [0.29, 0.717) is 13.2 Å². The smallest absolute Gasteiger partial charge is 0.309 e. The van der Waals surface area contributed by atoms with E-state index in [1.807, 2.05) is 13.8 Å². The van der Waals surface area contributed by atoms with Crippen LogP contribution in [0, 0.1) is 0 Å². The topological polar surface area (TPSA) is 90.6 Å². The van der Waals surface area contributed by atoms with Gasteiger partial charge in [0.05, 0.1) is 6.54 Å². The standard InChI is InChI=1S/C8H16N2O4/c1-3-13-6(14-4-2)5-10-8(12)7(9)11/h6H,3-5H2,1-2H3,(H2,9,11)(H,10,12). The molecule has 0 aromatic rings. The Bertz CT molecular complexity index is 190.